The Kier molecular flexibility index (Phi) is 15.8. The van der Waals surface area contributed by atoms with E-state index in [0.29, 0.717) is 64.2 Å². The van der Waals surface area contributed by atoms with Crippen molar-refractivity contribution >= 4 is 40.7 Å². The average Bonchev–Trinajstić information content (AvgIpc) is 3.35. The number of morpholine rings is 2. The molecule has 0 spiro atoms. The molecule has 11 rings (SSSR count). The maximum Gasteiger partial charge on any atom is 0.319 e. The summed E-state index contributed by atoms with van der Waals surface area (Å²) in [5.74, 6) is 5.27. The number of rotatable bonds is 8. The third-order valence-electron chi connectivity index (χ3n) is 13.1. The van der Waals surface area contributed by atoms with Gasteiger partial charge in [0.1, 0.15) is 35.9 Å². The van der Waals surface area contributed by atoms with Crippen molar-refractivity contribution in [1.29, 1.82) is 0 Å². The van der Waals surface area contributed by atoms with Crippen molar-refractivity contribution in [2.24, 2.45) is 0 Å². The molecule has 374 valence electrons. The number of urea groups is 1. The number of hydrogen-bond donors (Lipinski definition) is 3. The lowest BCUT2D eigenvalue weighted by Crippen LogP contribution is -2.49. The van der Waals surface area contributed by atoms with Crippen LogP contribution in [0.2, 0.25) is 0 Å². The summed E-state index contributed by atoms with van der Waals surface area (Å²) in [4.78, 5) is 59.1. The minimum Gasteiger partial charge on any atom is -0.399 e. The first-order valence-corrected chi connectivity index (χ1v) is 23.8. The van der Waals surface area contributed by atoms with Crippen LogP contribution in [0.4, 0.5) is 39.4 Å². The van der Waals surface area contributed by atoms with Crippen LogP contribution >= 0.6 is 0 Å². The van der Waals surface area contributed by atoms with Crippen LogP contribution in [0.3, 0.4) is 0 Å². The number of nitrogens with two attached hydrogens (primary N) is 1. The Balaban J connectivity index is 0.000000189. The smallest absolute Gasteiger partial charge is 0.319 e. The van der Waals surface area contributed by atoms with Crippen molar-refractivity contribution in [2.75, 3.05) is 96.5 Å². The van der Waals surface area contributed by atoms with E-state index >= 15 is 0 Å². The SMILES string of the molecule is C.C.Cc1cc(N2CCc3c(nc(-c4ccc(N)cc4)nc3N3CCOC[C@@H]3C)C2)ncn1.Cc1cc(N2CCc3c(nc(-c4ccc(NC(=O)NC5COC5)cc4)nc3N3CCOC[C@@H]3C)C2)ncn1. The van der Waals surface area contributed by atoms with Crippen LogP contribution < -0.4 is 36.0 Å². The first kappa shape index (κ1) is 50.3. The molecule has 19 heteroatoms. The van der Waals surface area contributed by atoms with Gasteiger partial charge in [0.2, 0.25) is 0 Å². The van der Waals surface area contributed by atoms with Gasteiger partial charge in [-0.25, -0.2) is 44.7 Å². The van der Waals surface area contributed by atoms with Crippen LogP contribution in [0.1, 0.15) is 62.6 Å². The van der Waals surface area contributed by atoms with Crippen molar-refractivity contribution in [3.8, 4) is 22.8 Å². The van der Waals surface area contributed by atoms with Gasteiger partial charge in [-0.05, 0) is 89.1 Å². The lowest BCUT2D eigenvalue weighted by atomic mass is 10.0. The number of aromatic nitrogens is 8. The Hall–Kier alpha value is -7.09. The van der Waals surface area contributed by atoms with E-state index in [1.807, 2.05) is 74.5 Å². The number of nitrogen functional groups attached to an aromatic ring is 1. The van der Waals surface area contributed by atoms with Gasteiger partial charge >= 0.3 is 6.03 Å². The molecular weight excluding hydrogens is 899 g/mol. The number of hydrogen-bond acceptors (Lipinski definition) is 17. The maximum absolute atomic E-state index is 12.2. The molecule has 71 heavy (non-hydrogen) atoms. The molecule has 5 aliphatic rings. The Labute approximate surface area is 416 Å². The molecule has 4 aromatic heterocycles. The molecule has 3 saturated heterocycles. The molecule has 2 amide bonds. The fourth-order valence-corrected chi connectivity index (χ4v) is 9.26. The highest BCUT2D eigenvalue weighted by Crippen LogP contribution is 2.35. The number of carbonyl (C=O) groups is 1. The zero-order chi connectivity index (χ0) is 47.4. The fraction of sp³-hybridized carbons (Fsp3) is 0.442. The number of amides is 2. The van der Waals surface area contributed by atoms with Gasteiger partial charge < -0.3 is 50.2 Å². The van der Waals surface area contributed by atoms with Crippen LogP contribution in [0.5, 0.6) is 0 Å². The molecule has 4 N–H and O–H groups in total. The topological polar surface area (TPSA) is 211 Å². The zero-order valence-electron chi connectivity index (χ0n) is 39.6. The summed E-state index contributed by atoms with van der Waals surface area (Å²) in [7, 11) is 0. The highest BCUT2D eigenvalue weighted by atomic mass is 16.5. The molecule has 0 aliphatic carbocycles. The van der Waals surface area contributed by atoms with E-state index < -0.39 is 0 Å². The summed E-state index contributed by atoms with van der Waals surface area (Å²) >= 11 is 0. The van der Waals surface area contributed by atoms with Gasteiger partial charge in [-0.1, -0.05) is 14.9 Å². The number of fused-ring (bicyclic) bond motifs is 2. The Bertz CT molecular complexity index is 2780. The molecule has 0 saturated carbocycles. The van der Waals surface area contributed by atoms with E-state index in [4.69, 9.17) is 39.9 Å². The normalized spacial score (nSPS) is 18.6. The quantitative estimate of drug-likeness (QED) is 0.140. The molecule has 19 nitrogen and oxygen atoms in total. The number of nitrogens with one attached hydrogen (secondary N) is 2. The van der Waals surface area contributed by atoms with Gasteiger partial charge in [0.15, 0.2) is 11.6 Å². The number of aryl methyl sites for hydroxylation is 2. The average molecular weight is 966 g/mol. The van der Waals surface area contributed by atoms with E-state index in [-0.39, 0.29) is 39.0 Å². The first-order valence-electron chi connectivity index (χ1n) is 23.8. The van der Waals surface area contributed by atoms with E-state index in [9.17, 15) is 4.79 Å². The molecule has 5 aliphatic heterocycles. The van der Waals surface area contributed by atoms with E-state index in [2.05, 4.69) is 64.0 Å². The lowest BCUT2D eigenvalue weighted by Gasteiger charge is -2.38. The first-order chi connectivity index (χ1) is 33.6. The molecule has 3 fully saturated rings. The van der Waals surface area contributed by atoms with Gasteiger partial charge in [0.05, 0.1) is 82.2 Å². The molecule has 2 aromatic carbocycles. The molecule has 0 bridgehead atoms. The molecule has 0 radical (unpaired) electrons. The molecule has 9 heterocycles. The largest absolute Gasteiger partial charge is 0.399 e. The molecular formula is C52H67N15O4. The minimum absolute atomic E-state index is 0. The fourth-order valence-electron chi connectivity index (χ4n) is 9.26. The Morgan fingerprint density at radius 2 is 1.10 bits per heavy atom. The summed E-state index contributed by atoms with van der Waals surface area (Å²) in [6, 6.07) is 19.8. The number of carbonyl (C=O) groups excluding carboxylic acids is 1. The summed E-state index contributed by atoms with van der Waals surface area (Å²) in [6.45, 7) is 16.9. The Morgan fingerprint density at radius 1 is 0.620 bits per heavy atom. The third kappa shape index (κ3) is 11.4. The number of nitrogens with zero attached hydrogens (tertiary/aromatic N) is 12. The van der Waals surface area contributed by atoms with Gasteiger partial charge in [0.25, 0.3) is 0 Å². The van der Waals surface area contributed by atoms with Crippen molar-refractivity contribution in [3.05, 3.63) is 107 Å². The van der Waals surface area contributed by atoms with Crippen LogP contribution in [0, 0.1) is 13.8 Å². The monoisotopic (exact) mass is 966 g/mol. The Morgan fingerprint density at radius 3 is 1.54 bits per heavy atom. The lowest BCUT2D eigenvalue weighted by molar-refractivity contribution is 0.000735. The van der Waals surface area contributed by atoms with Crippen LogP contribution in [0.25, 0.3) is 22.8 Å². The van der Waals surface area contributed by atoms with Crippen molar-refractivity contribution in [1.82, 2.24) is 45.2 Å². The summed E-state index contributed by atoms with van der Waals surface area (Å²) in [5, 5.41) is 5.76. The maximum atomic E-state index is 12.2. The number of anilines is 6. The standard InChI is InChI=1S/C27H32N8O3.C23H27N7O.2CH4/c1-17-11-24(29-16-28-17)34-8-7-22-23(12-34)32-25(33-26(22)35-9-10-37-13-18(35)2)19-3-5-20(6-4-19)30-27(36)31-21-14-38-15-21;1-15-11-21(26-14-25-15)29-8-7-19-20(12-29)27-22(17-3-5-18(24)6-4-17)28-23(19)30-9-10-31-13-16(30)2;;/h3-6,11,16,18,21H,7-10,12-15H2,1-2H3,(H2,30,31,36);3-6,11,14,16H,7-10,12-13,24H2,1-2H3;2*1H4/t18-;16-;;/m00../s1. The zero-order valence-corrected chi connectivity index (χ0v) is 39.6. The highest BCUT2D eigenvalue weighted by molar-refractivity contribution is 5.89. The number of ether oxygens (including phenoxy) is 3. The van der Waals surface area contributed by atoms with Crippen molar-refractivity contribution in [3.63, 3.8) is 0 Å². The van der Waals surface area contributed by atoms with Gasteiger partial charge in [-0.2, -0.15) is 0 Å². The summed E-state index contributed by atoms with van der Waals surface area (Å²) in [5.41, 5.74) is 15.6. The van der Waals surface area contributed by atoms with E-state index in [1.54, 1.807) is 12.7 Å². The number of benzene rings is 2. The summed E-state index contributed by atoms with van der Waals surface area (Å²) in [6.07, 6.45) is 4.95. The van der Waals surface area contributed by atoms with Gasteiger partial charge in [0, 0.05) is 83.3 Å². The minimum atomic E-state index is -0.236. The van der Waals surface area contributed by atoms with Crippen LogP contribution in [0.15, 0.2) is 73.3 Å². The van der Waals surface area contributed by atoms with Crippen molar-refractivity contribution in [2.45, 2.75) is 86.6 Å². The molecule has 2 atom stereocenters. The second-order valence-corrected chi connectivity index (χ2v) is 18.2. The molecule has 0 unspecified atom stereocenters. The van der Waals surface area contributed by atoms with Crippen LogP contribution in [-0.4, -0.2) is 130 Å². The second-order valence-electron chi connectivity index (χ2n) is 18.2. The van der Waals surface area contributed by atoms with Gasteiger partial charge in [-0.3, -0.25) is 0 Å². The van der Waals surface area contributed by atoms with E-state index in [1.165, 1.54) is 11.1 Å². The van der Waals surface area contributed by atoms with E-state index in [0.717, 1.165) is 108 Å². The third-order valence-corrected chi connectivity index (χ3v) is 13.1. The molecule has 6 aromatic rings. The van der Waals surface area contributed by atoms with Gasteiger partial charge in [-0.15, -0.1) is 0 Å². The highest BCUT2D eigenvalue weighted by Gasteiger charge is 2.32. The predicted molar refractivity (Wildman–Crippen MR) is 278 cm³/mol. The van der Waals surface area contributed by atoms with Crippen LogP contribution in [-0.2, 0) is 40.1 Å². The predicted octanol–water partition coefficient (Wildman–Crippen LogP) is 6.43. The summed E-state index contributed by atoms with van der Waals surface area (Å²) < 4.78 is 16.5. The second kappa shape index (κ2) is 22.3. The van der Waals surface area contributed by atoms with Crippen molar-refractivity contribution < 1.29 is 19.0 Å².